The number of aliphatic hydroxyl groups excluding tert-OH is 1. The first-order valence-electron chi connectivity index (χ1n) is 12.3. The third-order valence-corrected chi connectivity index (χ3v) is 7.04. The van der Waals surface area contributed by atoms with Crippen molar-refractivity contribution in [2.24, 2.45) is 5.41 Å². The van der Waals surface area contributed by atoms with Crippen LogP contribution >= 0.6 is 0 Å². The van der Waals surface area contributed by atoms with E-state index in [2.05, 4.69) is 63.3 Å². The van der Waals surface area contributed by atoms with Crippen LogP contribution in [0.15, 0.2) is 36.4 Å². The highest BCUT2D eigenvalue weighted by Gasteiger charge is 2.31. The van der Waals surface area contributed by atoms with Gasteiger partial charge in [-0.3, -0.25) is 4.79 Å². The molecule has 2 aromatic carbocycles. The molecule has 0 spiro atoms. The molecule has 5 nitrogen and oxygen atoms in total. The van der Waals surface area contributed by atoms with E-state index in [-0.39, 0.29) is 30.0 Å². The van der Waals surface area contributed by atoms with Gasteiger partial charge in [-0.2, -0.15) is 0 Å². The standard InChI is InChI=1S/C29H43NO4/c1-9-29(10-2,23-12-11-22(20(3)15-23)17-30-18-27(32)33-8)24-13-14-25(21(4)16-24)34-19-26(31)28(5,6)7/h11-16,26,30-31H,9-10,17-19H2,1-8H3. The van der Waals surface area contributed by atoms with Crippen molar-refractivity contribution in [1.29, 1.82) is 0 Å². The van der Waals surface area contributed by atoms with E-state index in [1.165, 1.54) is 29.4 Å². The molecule has 0 radical (unpaired) electrons. The van der Waals surface area contributed by atoms with Gasteiger partial charge in [0.25, 0.3) is 0 Å². The molecule has 0 bridgehead atoms. The number of aryl methyl sites for hydroxylation is 2. The minimum absolute atomic E-state index is 0.100. The number of carbonyl (C=O) groups excluding carboxylic acids is 1. The van der Waals surface area contributed by atoms with Gasteiger partial charge in [0.15, 0.2) is 0 Å². The van der Waals surface area contributed by atoms with Crippen molar-refractivity contribution in [1.82, 2.24) is 5.32 Å². The zero-order chi connectivity index (χ0) is 25.5. The van der Waals surface area contributed by atoms with Crippen LogP contribution in [-0.4, -0.2) is 37.4 Å². The molecule has 5 heteroatoms. The highest BCUT2D eigenvalue weighted by molar-refractivity contribution is 5.71. The first-order valence-corrected chi connectivity index (χ1v) is 12.3. The quantitative estimate of drug-likeness (QED) is 0.428. The molecular formula is C29H43NO4. The number of esters is 1. The summed E-state index contributed by atoms with van der Waals surface area (Å²) >= 11 is 0. The lowest BCUT2D eigenvalue weighted by Gasteiger charge is -2.34. The Morgan fingerprint density at radius 2 is 1.59 bits per heavy atom. The lowest BCUT2D eigenvalue weighted by atomic mass is 9.70. The van der Waals surface area contributed by atoms with Gasteiger partial charge in [0.1, 0.15) is 12.4 Å². The second kappa shape index (κ2) is 11.9. The van der Waals surface area contributed by atoms with Gasteiger partial charge >= 0.3 is 5.97 Å². The van der Waals surface area contributed by atoms with Crippen molar-refractivity contribution in [3.8, 4) is 5.75 Å². The number of benzene rings is 2. The topological polar surface area (TPSA) is 67.8 Å². The van der Waals surface area contributed by atoms with E-state index in [0.717, 1.165) is 24.2 Å². The minimum atomic E-state index is -0.527. The van der Waals surface area contributed by atoms with Gasteiger partial charge < -0.3 is 19.9 Å². The number of aliphatic hydroxyl groups is 1. The summed E-state index contributed by atoms with van der Waals surface area (Å²) in [4.78, 5) is 11.4. The SMILES string of the molecule is CCC(CC)(c1ccc(CNCC(=O)OC)c(C)c1)c1ccc(OCC(O)C(C)(C)C)c(C)c1. The van der Waals surface area contributed by atoms with Crippen LogP contribution in [0, 0.1) is 19.3 Å². The van der Waals surface area contributed by atoms with E-state index in [4.69, 9.17) is 9.47 Å². The van der Waals surface area contributed by atoms with Crippen LogP contribution in [0.5, 0.6) is 5.75 Å². The molecule has 0 aliphatic carbocycles. The number of ether oxygens (including phenoxy) is 2. The van der Waals surface area contributed by atoms with Gasteiger partial charge in [-0.05, 0) is 66.0 Å². The van der Waals surface area contributed by atoms with Gasteiger partial charge in [-0.25, -0.2) is 0 Å². The first-order chi connectivity index (χ1) is 16.0. The maximum Gasteiger partial charge on any atom is 0.319 e. The van der Waals surface area contributed by atoms with Crippen LogP contribution in [-0.2, 0) is 21.5 Å². The summed E-state index contributed by atoms with van der Waals surface area (Å²) in [5.74, 6) is 0.553. The first kappa shape index (κ1) is 27.9. The number of hydrogen-bond acceptors (Lipinski definition) is 5. The van der Waals surface area contributed by atoms with Gasteiger partial charge in [0.05, 0.1) is 19.8 Å². The Balaban J connectivity index is 2.27. The monoisotopic (exact) mass is 469 g/mol. The predicted octanol–water partition coefficient (Wildman–Crippen LogP) is 5.46. The smallest absolute Gasteiger partial charge is 0.319 e. The van der Waals surface area contributed by atoms with Crippen molar-refractivity contribution >= 4 is 5.97 Å². The number of nitrogens with one attached hydrogen (secondary N) is 1. The molecule has 0 saturated carbocycles. The molecule has 2 N–H and O–H groups in total. The molecule has 0 aliphatic heterocycles. The second-order valence-corrected chi connectivity index (χ2v) is 10.3. The maximum atomic E-state index is 11.4. The lowest BCUT2D eigenvalue weighted by Crippen LogP contribution is -2.32. The van der Waals surface area contributed by atoms with E-state index in [0.29, 0.717) is 6.54 Å². The van der Waals surface area contributed by atoms with Crippen molar-refractivity contribution in [2.45, 2.75) is 79.4 Å². The van der Waals surface area contributed by atoms with E-state index >= 15 is 0 Å². The Morgan fingerprint density at radius 3 is 2.09 bits per heavy atom. The molecule has 2 rings (SSSR count). The van der Waals surface area contributed by atoms with E-state index in [1.54, 1.807) is 0 Å². The van der Waals surface area contributed by atoms with Crippen LogP contribution in [0.1, 0.15) is 75.3 Å². The fraction of sp³-hybridized carbons (Fsp3) is 0.552. The van der Waals surface area contributed by atoms with Crippen LogP contribution in [0.25, 0.3) is 0 Å². The molecule has 0 amide bonds. The maximum absolute atomic E-state index is 11.4. The summed E-state index contributed by atoms with van der Waals surface area (Å²) in [6, 6.07) is 13.1. The average molecular weight is 470 g/mol. The fourth-order valence-electron chi connectivity index (χ4n) is 4.32. The number of carbonyl (C=O) groups is 1. The Kier molecular flexibility index (Phi) is 9.72. The van der Waals surface area contributed by atoms with Crippen molar-refractivity contribution in [2.75, 3.05) is 20.3 Å². The summed E-state index contributed by atoms with van der Waals surface area (Å²) in [5.41, 5.74) is 5.70. The third kappa shape index (κ3) is 6.61. The Labute approximate surface area is 205 Å². The van der Waals surface area contributed by atoms with E-state index < -0.39 is 6.10 Å². The van der Waals surface area contributed by atoms with E-state index in [9.17, 15) is 9.90 Å². The normalized spacial score (nSPS) is 13.0. The van der Waals surface area contributed by atoms with Gasteiger partial charge in [-0.1, -0.05) is 65.0 Å². The van der Waals surface area contributed by atoms with Gasteiger partial charge in [0, 0.05) is 12.0 Å². The van der Waals surface area contributed by atoms with Crippen molar-refractivity contribution < 1.29 is 19.4 Å². The zero-order valence-corrected chi connectivity index (χ0v) is 22.2. The summed E-state index contributed by atoms with van der Waals surface area (Å²) in [6.45, 7) is 15.8. The summed E-state index contributed by atoms with van der Waals surface area (Å²) < 4.78 is 10.7. The molecule has 0 fully saturated rings. The van der Waals surface area contributed by atoms with Crippen LogP contribution in [0.4, 0.5) is 0 Å². The molecule has 0 aliphatic rings. The Hall–Kier alpha value is -2.37. The molecule has 0 aromatic heterocycles. The Morgan fingerprint density at radius 1 is 1.00 bits per heavy atom. The molecule has 34 heavy (non-hydrogen) atoms. The highest BCUT2D eigenvalue weighted by atomic mass is 16.5. The molecule has 2 aromatic rings. The van der Waals surface area contributed by atoms with Crippen LogP contribution < -0.4 is 10.1 Å². The summed E-state index contributed by atoms with van der Waals surface area (Å²) in [6.07, 6.45) is 1.43. The lowest BCUT2D eigenvalue weighted by molar-refractivity contribution is -0.139. The molecule has 0 saturated heterocycles. The number of rotatable bonds is 11. The number of methoxy groups -OCH3 is 1. The van der Waals surface area contributed by atoms with Gasteiger partial charge in [-0.15, -0.1) is 0 Å². The summed E-state index contributed by atoms with van der Waals surface area (Å²) in [7, 11) is 1.40. The van der Waals surface area contributed by atoms with Crippen molar-refractivity contribution in [3.63, 3.8) is 0 Å². The molecule has 1 atom stereocenters. The van der Waals surface area contributed by atoms with E-state index in [1.807, 2.05) is 26.8 Å². The largest absolute Gasteiger partial charge is 0.491 e. The zero-order valence-electron chi connectivity index (χ0n) is 22.2. The van der Waals surface area contributed by atoms with Crippen molar-refractivity contribution in [3.05, 3.63) is 64.2 Å². The molecule has 0 heterocycles. The minimum Gasteiger partial charge on any atom is -0.491 e. The van der Waals surface area contributed by atoms with Gasteiger partial charge in [0.2, 0.25) is 0 Å². The number of hydrogen-bond donors (Lipinski definition) is 2. The van der Waals surface area contributed by atoms with Crippen LogP contribution in [0.3, 0.4) is 0 Å². The second-order valence-electron chi connectivity index (χ2n) is 10.3. The molecule has 188 valence electrons. The molecule has 1 unspecified atom stereocenters. The van der Waals surface area contributed by atoms with Crippen LogP contribution in [0.2, 0.25) is 0 Å². The Bertz CT molecular complexity index is 957. The summed E-state index contributed by atoms with van der Waals surface area (Å²) in [5, 5.41) is 13.5. The molecular weight excluding hydrogens is 426 g/mol. The third-order valence-electron chi connectivity index (χ3n) is 7.04. The predicted molar refractivity (Wildman–Crippen MR) is 138 cm³/mol. The average Bonchev–Trinajstić information content (AvgIpc) is 2.80. The fourth-order valence-corrected chi connectivity index (χ4v) is 4.32. The highest BCUT2D eigenvalue weighted by Crippen LogP contribution is 2.41.